The van der Waals surface area contributed by atoms with Gasteiger partial charge in [0.05, 0.1) is 5.56 Å². The lowest BCUT2D eigenvalue weighted by atomic mass is 9.97. The van der Waals surface area contributed by atoms with Crippen molar-refractivity contribution in [3.8, 4) is 0 Å². The number of Topliss-reactive ketones (excluding diaryl/α,β-unsaturated/α-hetero) is 1. The average Bonchev–Trinajstić information content (AvgIpc) is 2.53. The first-order chi connectivity index (χ1) is 11.1. The summed E-state index contributed by atoms with van der Waals surface area (Å²) >= 11 is 2.02. The van der Waals surface area contributed by atoms with Gasteiger partial charge in [0.25, 0.3) is 0 Å². The SMILES string of the molecule is O=C(CCN1CCSC2(CCOCC2)C1)c1ccc(F)cc1F. The summed E-state index contributed by atoms with van der Waals surface area (Å²) in [6, 6.07) is 3.13. The second-order valence-corrected chi connectivity index (χ2v) is 7.78. The van der Waals surface area contributed by atoms with Gasteiger partial charge in [-0.2, -0.15) is 11.8 Å². The molecule has 2 fully saturated rings. The molecule has 0 atom stereocenters. The summed E-state index contributed by atoms with van der Waals surface area (Å²) in [4.78, 5) is 14.5. The smallest absolute Gasteiger partial charge is 0.167 e. The molecule has 3 nitrogen and oxygen atoms in total. The second-order valence-electron chi connectivity index (χ2n) is 6.22. The first-order valence-corrected chi connectivity index (χ1v) is 8.99. The summed E-state index contributed by atoms with van der Waals surface area (Å²) in [6.45, 7) is 4.15. The summed E-state index contributed by atoms with van der Waals surface area (Å²) in [5, 5.41) is 0. The highest BCUT2D eigenvalue weighted by Gasteiger charge is 2.37. The molecule has 2 saturated heterocycles. The van der Waals surface area contributed by atoms with Gasteiger partial charge in [-0.1, -0.05) is 0 Å². The van der Waals surface area contributed by atoms with Gasteiger partial charge in [-0.05, 0) is 25.0 Å². The fourth-order valence-corrected chi connectivity index (χ4v) is 4.78. The molecule has 1 aromatic carbocycles. The Labute approximate surface area is 139 Å². The van der Waals surface area contributed by atoms with E-state index in [4.69, 9.17) is 4.74 Å². The molecule has 1 aromatic rings. The van der Waals surface area contributed by atoms with Crippen molar-refractivity contribution < 1.29 is 18.3 Å². The number of rotatable bonds is 4. The van der Waals surface area contributed by atoms with Crippen molar-refractivity contribution >= 4 is 17.5 Å². The van der Waals surface area contributed by atoms with Crippen LogP contribution in [0.4, 0.5) is 8.78 Å². The van der Waals surface area contributed by atoms with E-state index in [0.717, 1.165) is 57.0 Å². The lowest BCUT2D eigenvalue weighted by Crippen LogP contribution is -2.49. The molecule has 2 aliphatic rings. The Hall–Kier alpha value is -0.980. The van der Waals surface area contributed by atoms with Crippen LogP contribution >= 0.6 is 11.8 Å². The first kappa shape index (κ1) is 16.9. The highest BCUT2D eigenvalue weighted by Crippen LogP contribution is 2.39. The quantitative estimate of drug-likeness (QED) is 0.787. The summed E-state index contributed by atoms with van der Waals surface area (Å²) < 4.78 is 32.3. The standard InChI is InChI=1S/C17H21F2NO2S/c18-13-1-2-14(15(19)11-13)16(21)3-6-20-7-10-23-17(12-20)4-8-22-9-5-17/h1-2,11H,3-10,12H2. The third kappa shape index (κ3) is 4.11. The minimum atomic E-state index is -0.773. The molecule has 2 heterocycles. The van der Waals surface area contributed by atoms with E-state index in [1.165, 1.54) is 6.07 Å². The van der Waals surface area contributed by atoms with Crippen molar-refractivity contribution in [2.45, 2.75) is 24.0 Å². The Morgan fingerprint density at radius 3 is 2.83 bits per heavy atom. The maximum atomic E-state index is 13.7. The molecule has 0 saturated carbocycles. The van der Waals surface area contributed by atoms with Crippen molar-refractivity contribution in [2.75, 3.05) is 38.6 Å². The zero-order chi connectivity index (χ0) is 16.3. The largest absolute Gasteiger partial charge is 0.381 e. The molecule has 1 spiro atoms. The number of hydrogen-bond acceptors (Lipinski definition) is 4. The van der Waals surface area contributed by atoms with Crippen LogP contribution in [0, 0.1) is 11.6 Å². The van der Waals surface area contributed by atoms with Crippen molar-refractivity contribution in [2.24, 2.45) is 0 Å². The molecular formula is C17H21F2NO2S. The number of halogens is 2. The van der Waals surface area contributed by atoms with Gasteiger partial charge >= 0.3 is 0 Å². The van der Waals surface area contributed by atoms with E-state index in [-0.39, 0.29) is 22.5 Å². The number of ether oxygens (including phenoxy) is 1. The van der Waals surface area contributed by atoms with E-state index < -0.39 is 11.6 Å². The van der Waals surface area contributed by atoms with Gasteiger partial charge in [-0.15, -0.1) is 0 Å². The predicted octanol–water partition coefficient (Wildman–Crippen LogP) is 3.14. The average molecular weight is 341 g/mol. The number of benzene rings is 1. The van der Waals surface area contributed by atoms with Crippen molar-refractivity contribution in [1.82, 2.24) is 4.90 Å². The van der Waals surface area contributed by atoms with Crippen LogP contribution in [-0.4, -0.2) is 54.0 Å². The summed E-state index contributed by atoms with van der Waals surface area (Å²) in [5.41, 5.74) is -0.0152. The molecule has 3 rings (SSSR count). The highest BCUT2D eigenvalue weighted by molar-refractivity contribution is 8.00. The van der Waals surface area contributed by atoms with Gasteiger partial charge in [0.15, 0.2) is 5.78 Å². The van der Waals surface area contributed by atoms with E-state index in [2.05, 4.69) is 4.90 Å². The van der Waals surface area contributed by atoms with E-state index in [0.29, 0.717) is 6.54 Å². The fraction of sp³-hybridized carbons (Fsp3) is 0.588. The maximum Gasteiger partial charge on any atom is 0.167 e. The monoisotopic (exact) mass is 341 g/mol. The molecule has 0 amide bonds. The van der Waals surface area contributed by atoms with E-state index in [9.17, 15) is 13.6 Å². The first-order valence-electron chi connectivity index (χ1n) is 8.00. The summed E-state index contributed by atoms with van der Waals surface area (Å²) in [7, 11) is 0. The molecule has 23 heavy (non-hydrogen) atoms. The van der Waals surface area contributed by atoms with Crippen molar-refractivity contribution in [3.05, 3.63) is 35.4 Å². The minimum absolute atomic E-state index is 0.0152. The third-order valence-corrected chi connectivity index (χ3v) is 6.15. The molecular weight excluding hydrogens is 320 g/mol. The number of ketones is 1. The second kappa shape index (κ2) is 7.28. The molecule has 6 heteroatoms. The maximum absolute atomic E-state index is 13.7. The topological polar surface area (TPSA) is 29.5 Å². The van der Waals surface area contributed by atoms with Crippen LogP contribution in [0.5, 0.6) is 0 Å². The van der Waals surface area contributed by atoms with Crippen LogP contribution in [0.2, 0.25) is 0 Å². The van der Waals surface area contributed by atoms with Gasteiger partial charge in [0, 0.05) is 55.8 Å². The summed E-state index contributed by atoms with van der Waals surface area (Å²) in [6.07, 6.45) is 2.36. The number of hydrogen-bond donors (Lipinski definition) is 0. The lowest BCUT2D eigenvalue weighted by Gasteiger charge is -2.44. The number of nitrogens with zero attached hydrogens (tertiary/aromatic N) is 1. The van der Waals surface area contributed by atoms with E-state index in [1.54, 1.807) is 0 Å². The third-order valence-electron chi connectivity index (χ3n) is 4.62. The highest BCUT2D eigenvalue weighted by atomic mass is 32.2. The number of carbonyl (C=O) groups is 1. The zero-order valence-corrected chi connectivity index (χ0v) is 13.8. The molecule has 126 valence electrons. The van der Waals surface area contributed by atoms with Crippen molar-refractivity contribution in [3.63, 3.8) is 0 Å². The van der Waals surface area contributed by atoms with Crippen LogP contribution in [0.1, 0.15) is 29.6 Å². The Kier molecular flexibility index (Phi) is 5.34. The fourth-order valence-electron chi connectivity index (χ4n) is 3.27. The van der Waals surface area contributed by atoms with Crippen molar-refractivity contribution in [1.29, 1.82) is 0 Å². The zero-order valence-electron chi connectivity index (χ0n) is 13.0. The van der Waals surface area contributed by atoms with Crippen LogP contribution in [0.15, 0.2) is 18.2 Å². The van der Waals surface area contributed by atoms with Crippen LogP contribution in [-0.2, 0) is 4.74 Å². The Morgan fingerprint density at radius 1 is 1.30 bits per heavy atom. The lowest BCUT2D eigenvalue weighted by molar-refractivity contribution is 0.0627. The van der Waals surface area contributed by atoms with Gasteiger partial charge in [0.2, 0.25) is 0 Å². The van der Waals surface area contributed by atoms with Crippen LogP contribution < -0.4 is 0 Å². The molecule has 0 aromatic heterocycles. The van der Waals surface area contributed by atoms with E-state index >= 15 is 0 Å². The molecule has 0 aliphatic carbocycles. The molecule has 0 unspecified atom stereocenters. The number of thioether (sulfide) groups is 1. The van der Waals surface area contributed by atoms with Gasteiger partial charge < -0.3 is 9.64 Å². The minimum Gasteiger partial charge on any atom is -0.381 e. The van der Waals surface area contributed by atoms with Gasteiger partial charge in [-0.3, -0.25) is 4.79 Å². The molecule has 0 N–H and O–H groups in total. The predicted molar refractivity (Wildman–Crippen MR) is 87.0 cm³/mol. The van der Waals surface area contributed by atoms with Gasteiger partial charge in [-0.25, -0.2) is 8.78 Å². The molecule has 2 aliphatic heterocycles. The van der Waals surface area contributed by atoms with Crippen LogP contribution in [0.25, 0.3) is 0 Å². The Balaban J connectivity index is 1.56. The normalized spacial score (nSPS) is 21.5. The number of carbonyl (C=O) groups excluding carboxylic acids is 1. The molecule has 0 bridgehead atoms. The van der Waals surface area contributed by atoms with Gasteiger partial charge in [0.1, 0.15) is 11.6 Å². The Morgan fingerprint density at radius 2 is 2.09 bits per heavy atom. The summed E-state index contributed by atoms with van der Waals surface area (Å²) in [5.74, 6) is -0.639. The van der Waals surface area contributed by atoms with E-state index in [1.807, 2.05) is 11.8 Å². The van der Waals surface area contributed by atoms with Crippen LogP contribution in [0.3, 0.4) is 0 Å². The molecule has 0 radical (unpaired) electrons. The Bertz CT molecular complexity index is 570.